The van der Waals surface area contributed by atoms with Gasteiger partial charge in [0.25, 0.3) is 5.56 Å². The number of anilines is 1. The molecule has 0 saturated heterocycles. The summed E-state index contributed by atoms with van der Waals surface area (Å²) in [6.07, 6.45) is -0.255. The fourth-order valence-electron chi connectivity index (χ4n) is 3.33. The Kier molecular flexibility index (Phi) is 5.85. The van der Waals surface area contributed by atoms with Crippen molar-refractivity contribution in [2.24, 2.45) is 4.99 Å². The van der Waals surface area contributed by atoms with Crippen LogP contribution >= 0.6 is 11.8 Å². The van der Waals surface area contributed by atoms with Crippen LogP contribution in [0.15, 0.2) is 63.5 Å². The summed E-state index contributed by atoms with van der Waals surface area (Å²) >= 11 is 1.30. The second kappa shape index (κ2) is 8.73. The van der Waals surface area contributed by atoms with Crippen LogP contribution in [0.5, 0.6) is 0 Å². The van der Waals surface area contributed by atoms with Crippen molar-refractivity contribution in [3.63, 3.8) is 0 Å². The van der Waals surface area contributed by atoms with Crippen LogP contribution in [0.1, 0.15) is 29.0 Å². The minimum absolute atomic E-state index is 0.0356. The summed E-state index contributed by atoms with van der Waals surface area (Å²) in [5.41, 5.74) is 1.93. The SMILES string of the molecule is Cc1cccc(CSc2nc3c(c(=O)[nH]2)[C@H](C(=O)Nc2cccc(F)c2)CC([O-])=N3)c1. The number of fused-ring (bicyclic) bond motifs is 1. The number of amides is 1. The highest BCUT2D eigenvalue weighted by Gasteiger charge is 2.30. The van der Waals surface area contributed by atoms with Gasteiger partial charge >= 0.3 is 0 Å². The first-order chi connectivity index (χ1) is 14.9. The first-order valence-corrected chi connectivity index (χ1v) is 10.5. The lowest BCUT2D eigenvalue weighted by Gasteiger charge is -2.25. The van der Waals surface area contributed by atoms with Crippen molar-refractivity contribution in [1.29, 1.82) is 0 Å². The Balaban J connectivity index is 1.58. The molecule has 0 unspecified atom stereocenters. The van der Waals surface area contributed by atoms with E-state index in [9.17, 15) is 19.1 Å². The van der Waals surface area contributed by atoms with Crippen molar-refractivity contribution in [2.45, 2.75) is 30.2 Å². The fraction of sp³-hybridized carbons (Fsp3) is 0.182. The summed E-state index contributed by atoms with van der Waals surface area (Å²) in [5, 5.41) is 15.0. The third-order valence-electron chi connectivity index (χ3n) is 4.74. The predicted octanol–water partition coefficient (Wildman–Crippen LogP) is 3.03. The van der Waals surface area contributed by atoms with E-state index in [2.05, 4.69) is 20.3 Å². The zero-order valence-corrected chi connectivity index (χ0v) is 17.3. The van der Waals surface area contributed by atoms with Gasteiger partial charge in [-0.1, -0.05) is 47.7 Å². The van der Waals surface area contributed by atoms with Crippen LogP contribution in [0.25, 0.3) is 0 Å². The second-order valence-electron chi connectivity index (χ2n) is 7.15. The van der Waals surface area contributed by atoms with Gasteiger partial charge in [0.15, 0.2) is 11.0 Å². The number of hydrogen-bond donors (Lipinski definition) is 2. The minimum atomic E-state index is -1.06. The van der Waals surface area contributed by atoms with E-state index in [1.54, 1.807) is 0 Å². The number of nitrogens with one attached hydrogen (secondary N) is 2. The highest BCUT2D eigenvalue weighted by atomic mass is 32.2. The van der Waals surface area contributed by atoms with E-state index < -0.39 is 29.1 Å². The molecule has 3 aromatic rings. The van der Waals surface area contributed by atoms with Crippen molar-refractivity contribution >= 4 is 35.1 Å². The molecule has 2 N–H and O–H groups in total. The maximum Gasteiger partial charge on any atom is 0.257 e. The van der Waals surface area contributed by atoms with E-state index in [1.165, 1.54) is 30.0 Å². The van der Waals surface area contributed by atoms with Gasteiger partial charge in [-0.25, -0.2) is 14.4 Å². The lowest BCUT2D eigenvalue weighted by molar-refractivity contribution is -0.219. The molecular weight excluding hydrogens is 419 g/mol. The Hall–Kier alpha value is -3.46. The number of nitrogens with zero attached hydrogens (tertiary/aromatic N) is 2. The van der Waals surface area contributed by atoms with Crippen molar-refractivity contribution in [2.75, 3.05) is 5.32 Å². The number of rotatable bonds is 5. The number of benzene rings is 2. The molecule has 9 heteroatoms. The van der Waals surface area contributed by atoms with Crippen molar-refractivity contribution in [3.8, 4) is 0 Å². The lowest BCUT2D eigenvalue weighted by Crippen LogP contribution is -2.35. The third kappa shape index (κ3) is 4.83. The third-order valence-corrected chi connectivity index (χ3v) is 5.68. The zero-order valence-electron chi connectivity index (χ0n) is 16.5. The number of aliphatic imine (C=N–C) groups is 1. The van der Waals surface area contributed by atoms with E-state index in [0.29, 0.717) is 10.9 Å². The van der Waals surface area contributed by atoms with Crippen molar-refractivity contribution in [3.05, 3.63) is 81.4 Å². The summed E-state index contributed by atoms with van der Waals surface area (Å²) < 4.78 is 13.4. The number of carbonyl (C=O) groups excluding carboxylic acids is 1. The first-order valence-electron chi connectivity index (χ1n) is 9.52. The molecule has 4 rings (SSSR count). The molecule has 1 atom stereocenters. The largest absolute Gasteiger partial charge is 0.862 e. The summed E-state index contributed by atoms with van der Waals surface area (Å²) in [6, 6.07) is 13.3. The number of hydrogen-bond acceptors (Lipinski definition) is 6. The van der Waals surface area contributed by atoms with Gasteiger partial charge in [-0.2, -0.15) is 0 Å². The molecule has 1 aromatic heterocycles. The minimum Gasteiger partial charge on any atom is -0.862 e. The molecule has 1 aliphatic rings. The normalized spacial score (nSPS) is 15.2. The maximum atomic E-state index is 13.4. The number of carbonyl (C=O) groups is 1. The number of aryl methyl sites for hydroxylation is 1. The fourth-order valence-corrected chi connectivity index (χ4v) is 4.13. The van der Waals surface area contributed by atoms with Crippen LogP contribution in [-0.4, -0.2) is 21.8 Å². The average Bonchev–Trinajstić information content (AvgIpc) is 2.71. The van der Waals surface area contributed by atoms with Crippen LogP contribution in [0, 0.1) is 12.7 Å². The molecule has 2 heterocycles. The van der Waals surface area contributed by atoms with Crippen LogP contribution < -0.4 is 16.0 Å². The number of H-pyrrole nitrogens is 1. The van der Waals surface area contributed by atoms with Gasteiger partial charge in [0.1, 0.15) is 5.82 Å². The quantitative estimate of drug-likeness (QED) is 0.471. The van der Waals surface area contributed by atoms with Crippen LogP contribution in [-0.2, 0) is 10.5 Å². The number of aromatic amines is 1. The molecule has 0 saturated carbocycles. The van der Waals surface area contributed by atoms with Gasteiger partial charge in [0.2, 0.25) is 5.91 Å². The molecule has 7 nitrogen and oxygen atoms in total. The second-order valence-corrected chi connectivity index (χ2v) is 8.11. The molecule has 158 valence electrons. The molecular formula is C22H18FN4O3S-. The molecule has 1 aliphatic heterocycles. The Bertz CT molecular complexity index is 1240. The topological polar surface area (TPSA) is 110 Å². The predicted molar refractivity (Wildman–Crippen MR) is 115 cm³/mol. The van der Waals surface area contributed by atoms with Gasteiger partial charge in [0.05, 0.1) is 11.5 Å². The molecule has 2 aromatic carbocycles. The first kappa shape index (κ1) is 20.8. The van der Waals surface area contributed by atoms with E-state index in [-0.39, 0.29) is 23.5 Å². The lowest BCUT2D eigenvalue weighted by atomic mass is 9.94. The zero-order chi connectivity index (χ0) is 22.0. The van der Waals surface area contributed by atoms with Gasteiger partial charge in [-0.3, -0.25) is 9.59 Å². The van der Waals surface area contributed by atoms with Gasteiger partial charge in [-0.05, 0) is 43.0 Å². The molecule has 0 fully saturated rings. The molecule has 1 amide bonds. The number of halogens is 1. The van der Waals surface area contributed by atoms with Crippen LogP contribution in [0.3, 0.4) is 0 Å². The van der Waals surface area contributed by atoms with E-state index in [0.717, 1.165) is 17.2 Å². The van der Waals surface area contributed by atoms with Gasteiger partial charge in [0, 0.05) is 11.4 Å². The number of aromatic nitrogens is 2. The highest BCUT2D eigenvalue weighted by Crippen LogP contribution is 2.32. The Labute approximate surface area is 181 Å². The monoisotopic (exact) mass is 437 g/mol. The highest BCUT2D eigenvalue weighted by molar-refractivity contribution is 7.98. The Morgan fingerprint density at radius 2 is 2.10 bits per heavy atom. The van der Waals surface area contributed by atoms with E-state index >= 15 is 0 Å². The Morgan fingerprint density at radius 3 is 2.87 bits per heavy atom. The summed E-state index contributed by atoms with van der Waals surface area (Å²) in [7, 11) is 0. The molecule has 0 radical (unpaired) electrons. The maximum absolute atomic E-state index is 13.4. The standard InChI is InChI=1S/C22H19FN4O3S/c1-12-4-2-5-13(8-12)11-31-22-26-19-18(21(30)27-22)16(10-17(28)25-19)20(29)24-15-7-3-6-14(23)9-15/h2-9,16H,10-11H2,1H3,(H,24,29)(H2,25,26,27,28,30)/p-1/t16-/m1/s1. The Morgan fingerprint density at radius 1 is 1.29 bits per heavy atom. The van der Waals surface area contributed by atoms with Gasteiger partial charge in [-0.15, -0.1) is 0 Å². The molecule has 31 heavy (non-hydrogen) atoms. The summed E-state index contributed by atoms with van der Waals surface area (Å²) in [5.74, 6) is -2.19. The van der Waals surface area contributed by atoms with Gasteiger partial charge < -0.3 is 15.4 Å². The summed E-state index contributed by atoms with van der Waals surface area (Å²) in [6.45, 7) is 1.99. The van der Waals surface area contributed by atoms with Crippen LogP contribution in [0.4, 0.5) is 15.9 Å². The van der Waals surface area contributed by atoms with Crippen LogP contribution in [0.2, 0.25) is 0 Å². The average molecular weight is 437 g/mol. The van der Waals surface area contributed by atoms with E-state index in [4.69, 9.17) is 0 Å². The molecule has 0 spiro atoms. The van der Waals surface area contributed by atoms with Crippen molar-refractivity contribution < 1.29 is 14.3 Å². The molecule has 0 aliphatic carbocycles. The van der Waals surface area contributed by atoms with E-state index in [1.807, 2.05) is 31.2 Å². The van der Waals surface area contributed by atoms with Crippen molar-refractivity contribution in [1.82, 2.24) is 9.97 Å². The molecule has 0 bridgehead atoms. The smallest absolute Gasteiger partial charge is 0.257 e. The number of thioether (sulfide) groups is 1. The summed E-state index contributed by atoms with van der Waals surface area (Å²) in [4.78, 5) is 36.4.